The topological polar surface area (TPSA) is 95.9 Å². The van der Waals surface area contributed by atoms with Crippen LogP contribution in [-0.2, 0) is 0 Å². The molecule has 2 aromatic heterocycles. The Kier molecular flexibility index (Phi) is 7.42. The van der Waals surface area contributed by atoms with E-state index in [1.54, 1.807) is 0 Å². The third-order valence-electron chi connectivity index (χ3n) is 10.6. The van der Waals surface area contributed by atoms with E-state index in [2.05, 4.69) is 57.0 Å². The number of piperazine rings is 1. The van der Waals surface area contributed by atoms with E-state index < -0.39 is 11.6 Å². The van der Waals surface area contributed by atoms with Gasteiger partial charge in [0.15, 0.2) is 5.82 Å². The molecule has 2 saturated heterocycles. The SMILES string of the molecule is C#Cc1c(F)ccc2cc(O)cc(-c3nc(OC)c4c(N5CC6CCC(C5)N6)nc(OCC5(CN6C(C)C=CC6C)CC5)nc4c3F)c12. The summed E-state index contributed by atoms with van der Waals surface area (Å²) in [6.45, 7) is 7.05. The number of phenolic OH excluding ortho intramolecular Hbond substituents is 1. The molecule has 0 amide bonds. The number of hydrogen-bond acceptors (Lipinski definition) is 9. The number of phenols is 1. The van der Waals surface area contributed by atoms with Crippen molar-refractivity contribution in [2.75, 3.05) is 38.3 Å². The van der Waals surface area contributed by atoms with E-state index in [9.17, 15) is 9.50 Å². The number of nitrogens with zero attached hydrogens (tertiary/aromatic N) is 5. The second-order valence-corrected chi connectivity index (χ2v) is 13.9. The van der Waals surface area contributed by atoms with Crippen LogP contribution in [0, 0.1) is 29.4 Å². The van der Waals surface area contributed by atoms with Gasteiger partial charge in [0, 0.05) is 60.2 Å². The first-order valence-corrected chi connectivity index (χ1v) is 16.6. The van der Waals surface area contributed by atoms with Crippen molar-refractivity contribution in [1.82, 2.24) is 25.2 Å². The van der Waals surface area contributed by atoms with Crippen LogP contribution in [0.4, 0.5) is 14.6 Å². The highest BCUT2D eigenvalue weighted by Gasteiger charge is 2.47. The number of anilines is 1. The molecule has 4 aliphatic rings. The Morgan fingerprint density at radius 1 is 1.04 bits per heavy atom. The van der Waals surface area contributed by atoms with Crippen molar-refractivity contribution in [1.29, 1.82) is 0 Å². The molecular formula is C37H38F2N6O3. The van der Waals surface area contributed by atoms with Crippen LogP contribution in [0.15, 0.2) is 36.4 Å². The van der Waals surface area contributed by atoms with Gasteiger partial charge in [-0.15, -0.1) is 6.42 Å². The molecule has 8 rings (SSSR count). The molecular weight excluding hydrogens is 614 g/mol. The van der Waals surface area contributed by atoms with E-state index in [0.29, 0.717) is 48.4 Å². The maximum absolute atomic E-state index is 17.1. The van der Waals surface area contributed by atoms with E-state index in [-0.39, 0.29) is 62.9 Å². The Morgan fingerprint density at radius 3 is 2.44 bits per heavy atom. The van der Waals surface area contributed by atoms with Gasteiger partial charge in [-0.2, -0.15) is 9.97 Å². The lowest BCUT2D eigenvalue weighted by Crippen LogP contribution is -2.51. The highest BCUT2D eigenvalue weighted by Crippen LogP contribution is 2.48. The predicted molar refractivity (Wildman–Crippen MR) is 180 cm³/mol. The van der Waals surface area contributed by atoms with Crippen LogP contribution in [0.1, 0.15) is 45.1 Å². The molecule has 9 nitrogen and oxygen atoms in total. The van der Waals surface area contributed by atoms with Gasteiger partial charge in [-0.1, -0.05) is 24.1 Å². The minimum Gasteiger partial charge on any atom is -0.508 e. The van der Waals surface area contributed by atoms with Gasteiger partial charge in [0.1, 0.15) is 34.0 Å². The number of halogens is 2. The minimum atomic E-state index is -0.775. The van der Waals surface area contributed by atoms with E-state index in [0.717, 1.165) is 32.2 Å². The van der Waals surface area contributed by atoms with Gasteiger partial charge in [-0.25, -0.2) is 13.8 Å². The third kappa shape index (κ3) is 5.18. The summed E-state index contributed by atoms with van der Waals surface area (Å²) in [5.74, 6) is 1.43. The predicted octanol–water partition coefficient (Wildman–Crippen LogP) is 5.57. The second kappa shape index (κ2) is 11.6. The first-order valence-electron chi connectivity index (χ1n) is 16.6. The summed E-state index contributed by atoms with van der Waals surface area (Å²) in [5.41, 5.74) is -0.178. The van der Waals surface area contributed by atoms with Gasteiger partial charge in [-0.3, -0.25) is 4.90 Å². The molecule has 3 aliphatic heterocycles. The summed E-state index contributed by atoms with van der Waals surface area (Å²) in [5, 5.41) is 15.3. The number of nitrogens with one attached hydrogen (secondary N) is 1. The van der Waals surface area contributed by atoms with Crippen LogP contribution in [0.25, 0.3) is 32.9 Å². The first kappa shape index (κ1) is 30.8. The molecule has 48 heavy (non-hydrogen) atoms. The number of pyridine rings is 1. The zero-order chi connectivity index (χ0) is 33.3. The smallest absolute Gasteiger partial charge is 0.319 e. The van der Waals surface area contributed by atoms with E-state index in [4.69, 9.17) is 20.9 Å². The molecule has 5 heterocycles. The third-order valence-corrected chi connectivity index (χ3v) is 10.6. The summed E-state index contributed by atoms with van der Waals surface area (Å²) in [4.78, 5) is 18.8. The molecule has 1 aliphatic carbocycles. The van der Waals surface area contributed by atoms with Gasteiger partial charge in [0.05, 0.1) is 19.3 Å². The molecule has 4 atom stereocenters. The average Bonchev–Trinajstić information content (AvgIpc) is 3.68. The Hall–Kier alpha value is -4.53. The highest BCUT2D eigenvalue weighted by molar-refractivity contribution is 6.04. The molecule has 4 aromatic rings. The fourth-order valence-electron chi connectivity index (χ4n) is 7.78. The molecule has 3 fully saturated rings. The lowest BCUT2D eigenvalue weighted by Gasteiger charge is -2.34. The van der Waals surface area contributed by atoms with Crippen molar-refractivity contribution >= 4 is 27.5 Å². The van der Waals surface area contributed by atoms with Gasteiger partial charge in [0.25, 0.3) is 0 Å². The number of hydrogen-bond donors (Lipinski definition) is 2. The van der Waals surface area contributed by atoms with Gasteiger partial charge in [0.2, 0.25) is 5.88 Å². The van der Waals surface area contributed by atoms with Crippen LogP contribution in [0.2, 0.25) is 0 Å². The van der Waals surface area contributed by atoms with E-state index in [1.165, 1.54) is 31.4 Å². The minimum absolute atomic E-state index is 0.0308. The maximum atomic E-state index is 17.1. The van der Waals surface area contributed by atoms with Crippen molar-refractivity contribution in [2.24, 2.45) is 5.41 Å². The van der Waals surface area contributed by atoms with Crippen molar-refractivity contribution < 1.29 is 23.4 Å². The quantitative estimate of drug-likeness (QED) is 0.187. The number of fused-ring (bicyclic) bond motifs is 4. The van der Waals surface area contributed by atoms with Crippen molar-refractivity contribution in [3.63, 3.8) is 0 Å². The molecule has 11 heteroatoms. The first-order chi connectivity index (χ1) is 23.2. The van der Waals surface area contributed by atoms with Crippen LogP contribution in [0.5, 0.6) is 17.6 Å². The summed E-state index contributed by atoms with van der Waals surface area (Å²) in [6.07, 6.45) is 14.3. The van der Waals surface area contributed by atoms with E-state index >= 15 is 4.39 Å². The lowest BCUT2D eigenvalue weighted by atomic mass is 9.95. The van der Waals surface area contributed by atoms with Crippen molar-refractivity contribution in [3.8, 4) is 41.2 Å². The molecule has 1 saturated carbocycles. The number of rotatable bonds is 8. The number of methoxy groups -OCH3 is 1. The van der Waals surface area contributed by atoms with Gasteiger partial charge < -0.3 is 24.8 Å². The van der Waals surface area contributed by atoms with Crippen LogP contribution < -0.4 is 19.7 Å². The van der Waals surface area contributed by atoms with Gasteiger partial charge in [-0.05, 0) is 63.1 Å². The Bertz CT molecular complexity index is 2000. The summed E-state index contributed by atoms with van der Waals surface area (Å²) in [6, 6.07) is 6.85. The molecule has 2 N–H and O–H groups in total. The van der Waals surface area contributed by atoms with Crippen LogP contribution in [-0.4, -0.2) is 82.5 Å². The summed E-state index contributed by atoms with van der Waals surface area (Å²) < 4.78 is 44.2. The molecule has 4 unspecified atom stereocenters. The Labute approximate surface area is 278 Å². The molecule has 0 radical (unpaired) electrons. The lowest BCUT2D eigenvalue weighted by molar-refractivity contribution is 0.135. The molecule has 248 valence electrons. The number of terminal acetylenes is 1. The van der Waals surface area contributed by atoms with Crippen LogP contribution >= 0.6 is 0 Å². The Morgan fingerprint density at radius 2 is 1.77 bits per heavy atom. The molecule has 2 bridgehead atoms. The number of aromatic nitrogens is 3. The molecule has 0 spiro atoms. The number of aromatic hydroxyl groups is 1. The second-order valence-electron chi connectivity index (χ2n) is 13.9. The zero-order valence-electron chi connectivity index (χ0n) is 27.3. The monoisotopic (exact) mass is 652 g/mol. The number of ether oxygens (including phenoxy) is 2. The molecule has 2 aromatic carbocycles. The largest absolute Gasteiger partial charge is 0.508 e. The van der Waals surface area contributed by atoms with Crippen molar-refractivity contribution in [3.05, 3.63) is 53.6 Å². The average molecular weight is 653 g/mol. The Balaban J connectivity index is 1.27. The standard InChI is InChI=1S/C37H38F2N6O3/c1-5-26-28(38)11-8-22-14-25(46)15-27(29(22)26)32-31(39)33-30(35(41-32)47-4)34(44-16-23-9-10-24(17-44)40-23)43-36(42-33)48-19-37(12-13-37)18-45-20(2)6-7-21(45)3/h1,6-8,11,14-15,20-21,23-24,40,46H,9-10,12-13,16-19H2,2-4H3. The zero-order valence-corrected chi connectivity index (χ0v) is 27.3. The normalized spacial score (nSPS) is 24.4. The fraction of sp³-hybridized carbons (Fsp3) is 0.432. The maximum Gasteiger partial charge on any atom is 0.319 e. The number of benzene rings is 2. The van der Waals surface area contributed by atoms with Crippen LogP contribution in [0.3, 0.4) is 0 Å². The summed E-state index contributed by atoms with van der Waals surface area (Å²) in [7, 11) is 1.46. The summed E-state index contributed by atoms with van der Waals surface area (Å²) >= 11 is 0. The van der Waals surface area contributed by atoms with Gasteiger partial charge >= 0.3 is 6.01 Å². The van der Waals surface area contributed by atoms with Crippen molar-refractivity contribution in [2.45, 2.75) is 63.7 Å². The fourth-order valence-corrected chi connectivity index (χ4v) is 7.78. The van der Waals surface area contributed by atoms with E-state index in [1.807, 2.05) is 0 Å². The highest BCUT2D eigenvalue weighted by atomic mass is 19.1.